The van der Waals surface area contributed by atoms with Crippen LogP contribution in [0.3, 0.4) is 0 Å². The van der Waals surface area contributed by atoms with E-state index in [2.05, 4.69) is 36.0 Å². The highest BCUT2D eigenvalue weighted by atomic mass is 16.5. The van der Waals surface area contributed by atoms with Crippen LogP contribution in [0.4, 0.5) is 0 Å². The van der Waals surface area contributed by atoms with Crippen LogP contribution < -0.4 is 14.8 Å². The second-order valence-corrected chi connectivity index (χ2v) is 10.7. The second kappa shape index (κ2) is 9.75. The topological polar surface area (TPSA) is 68.6 Å². The molecule has 2 fully saturated rings. The van der Waals surface area contributed by atoms with Crippen LogP contribution in [-0.2, 0) is 17.9 Å². The van der Waals surface area contributed by atoms with Crippen molar-refractivity contribution in [3.63, 3.8) is 0 Å². The quantitative estimate of drug-likeness (QED) is 0.552. The number of hydrogen-bond donors (Lipinski definition) is 1. The minimum atomic E-state index is 0.0512. The molecule has 1 aliphatic carbocycles. The third-order valence-corrected chi connectivity index (χ3v) is 6.83. The first-order chi connectivity index (χ1) is 15.8. The lowest BCUT2D eigenvalue weighted by molar-refractivity contribution is -0.134. The number of fused-ring (bicyclic) bond motifs is 2. The smallest absolute Gasteiger partial charge is 0.260 e. The molecule has 1 saturated carbocycles. The molecule has 0 unspecified atom stereocenters. The van der Waals surface area contributed by atoms with Gasteiger partial charge in [0.25, 0.3) is 5.91 Å². The van der Waals surface area contributed by atoms with E-state index >= 15 is 0 Å². The molecule has 1 aromatic heterocycles. The molecule has 0 radical (unpaired) electrons. The van der Waals surface area contributed by atoms with Gasteiger partial charge in [-0.05, 0) is 54.7 Å². The number of nitrogens with zero attached hydrogens (tertiary/aromatic N) is 3. The van der Waals surface area contributed by atoms with Crippen molar-refractivity contribution in [1.29, 1.82) is 0 Å². The predicted molar refractivity (Wildman–Crippen MR) is 128 cm³/mol. The Hall–Kier alpha value is -2.54. The van der Waals surface area contributed by atoms with Crippen molar-refractivity contribution in [2.24, 2.45) is 10.8 Å². The minimum absolute atomic E-state index is 0.0512. The van der Waals surface area contributed by atoms with Gasteiger partial charge in [0.05, 0.1) is 12.9 Å². The summed E-state index contributed by atoms with van der Waals surface area (Å²) in [6.45, 7) is 12.8. The summed E-state index contributed by atoms with van der Waals surface area (Å²) in [5.74, 6) is 1.39. The van der Waals surface area contributed by atoms with E-state index in [0.29, 0.717) is 29.6 Å². The van der Waals surface area contributed by atoms with E-state index in [1.165, 1.54) is 6.42 Å². The molecule has 0 spiro atoms. The van der Waals surface area contributed by atoms with Crippen molar-refractivity contribution in [2.75, 3.05) is 26.3 Å². The van der Waals surface area contributed by atoms with Crippen LogP contribution in [0.5, 0.6) is 11.5 Å². The third-order valence-electron chi connectivity index (χ3n) is 6.83. The van der Waals surface area contributed by atoms with Crippen LogP contribution in [-0.4, -0.2) is 52.7 Å². The fourth-order valence-corrected chi connectivity index (χ4v) is 5.88. The summed E-state index contributed by atoms with van der Waals surface area (Å²) in [6, 6.07) is 6.27. The molecule has 33 heavy (non-hydrogen) atoms. The van der Waals surface area contributed by atoms with Crippen LogP contribution in [0, 0.1) is 10.8 Å². The Bertz CT molecular complexity index is 943. The molecule has 7 nitrogen and oxygen atoms in total. The molecular formula is C26H38N4O3. The number of imidazole rings is 1. The first kappa shape index (κ1) is 23.6. The largest absolute Gasteiger partial charge is 0.490 e. The van der Waals surface area contributed by atoms with E-state index in [0.717, 1.165) is 44.6 Å². The zero-order valence-electron chi connectivity index (χ0n) is 20.5. The molecule has 1 amide bonds. The summed E-state index contributed by atoms with van der Waals surface area (Å²) in [4.78, 5) is 19.2. The fraction of sp³-hybridized carbons (Fsp3) is 0.615. The van der Waals surface area contributed by atoms with Gasteiger partial charge in [0.15, 0.2) is 18.1 Å². The molecule has 180 valence electrons. The van der Waals surface area contributed by atoms with Crippen molar-refractivity contribution >= 4 is 5.91 Å². The Labute approximate surface area is 197 Å². The molecule has 1 saturated heterocycles. The Morgan fingerprint density at radius 2 is 2.06 bits per heavy atom. The van der Waals surface area contributed by atoms with E-state index in [-0.39, 0.29) is 17.9 Å². The number of rotatable bonds is 10. The number of nitrogens with one attached hydrogen (secondary N) is 1. The Morgan fingerprint density at radius 1 is 1.21 bits per heavy atom. The van der Waals surface area contributed by atoms with Crippen molar-refractivity contribution in [2.45, 2.75) is 66.1 Å². The van der Waals surface area contributed by atoms with Gasteiger partial charge in [-0.3, -0.25) is 4.79 Å². The van der Waals surface area contributed by atoms with Crippen LogP contribution in [0.15, 0.2) is 36.9 Å². The van der Waals surface area contributed by atoms with Gasteiger partial charge >= 0.3 is 0 Å². The van der Waals surface area contributed by atoms with Crippen LogP contribution >= 0.6 is 0 Å². The number of ether oxygens (including phenoxy) is 2. The normalized spacial score (nSPS) is 23.5. The molecule has 4 rings (SSSR count). The minimum Gasteiger partial charge on any atom is -0.490 e. The maximum Gasteiger partial charge on any atom is 0.260 e. The Morgan fingerprint density at radius 3 is 2.82 bits per heavy atom. The summed E-state index contributed by atoms with van der Waals surface area (Å²) in [5.41, 5.74) is 1.63. The van der Waals surface area contributed by atoms with E-state index < -0.39 is 0 Å². The van der Waals surface area contributed by atoms with Crippen molar-refractivity contribution in [3.8, 4) is 11.5 Å². The van der Waals surface area contributed by atoms with Crippen LogP contribution in [0.1, 0.15) is 52.5 Å². The summed E-state index contributed by atoms with van der Waals surface area (Å²) < 4.78 is 13.8. The highest BCUT2D eigenvalue weighted by Gasteiger charge is 2.50. The number of likely N-dealkylation sites (tertiary alicyclic amines) is 1. The highest BCUT2D eigenvalue weighted by Crippen LogP contribution is 2.52. The van der Waals surface area contributed by atoms with Crippen LogP contribution in [0.2, 0.25) is 0 Å². The molecule has 1 N–H and O–H groups in total. The standard InChI is InChI=1S/C26H38N4O3/c1-5-32-23-12-20(15-27-8-10-29-11-9-28-19-29)6-7-22(23)33-16-24(31)30-18-26(4)14-21(30)13-25(2,3)17-26/h6-7,9,11-12,19,21,27H,5,8,10,13-18H2,1-4H3/t21-,26+/m1/s1. The fourth-order valence-electron chi connectivity index (χ4n) is 5.88. The van der Waals surface area contributed by atoms with E-state index in [1.807, 2.05) is 42.2 Å². The van der Waals surface area contributed by atoms with Gasteiger partial charge in [-0.1, -0.05) is 26.8 Å². The first-order valence-corrected chi connectivity index (χ1v) is 12.1. The van der Waals surface area contributed by atoms with Gasteiger partial charge in [-0.25, -0.2) is 4.98 Å². The monoisotopic (exact) mass is 454 g/mol. The van der Waals surface area contributed by atoms with Crippen molar-refractivity contribution in [1.82, 2.24) is 19.8 Å². The van der Waals surface area contributed by atoms with Crippen molar-refractivity contribution < 1.29 is 14.3 Å². The van der Waals surface area contributed by atoms with Crippen LogP contribution in [0.25, 0.3) is 0 Å². The summed E-state index contributed by atoms with van der Waals surface area (Å²) >= 11 is 0. The molecule has 1 aliphatic heterocycles. The molecule has 7 heteroatoms. The molecule has 2 heterocycles. The number of aromatic nitrogens is 2. The maximum atomic E-state index is 13.1. The summed E-state index contributed by atoms with van der Waals surface area (Å²) in [5, 5.41) is 3.44. The maximum absolute atomic E-state index is 13.1. The molecule has 1 aromatic carbocycles. The molecule has 2 aliphatic rings. The average Bonchev–Trinajstić information content (AvgIpc) is 3.35. The molecule has 2 aromatic rings. The van der Waals surface area contributed by atoms with Gasteiger partial charge in [0.2, 0.25) is 0 Å². The van der Waals surface area contributed by atoms with Gasteiger partial charge < -0.3 is 24.3 Å². The van der Waals surface area contributed by atoms with Gasteiger partial charge in [0, 0.05) is 44.6 Å². The number of hydrogen-bond acceptors (Lipinski definition) is 5. The lowest BCUT2D eigenvalue weighted by atomic mass is 9.65. The third kappa shape index (κ3) is 5.88. The molecular weight excluding hydrogens is 416 g/mol. The Balaban J connectivity index is 1.32. The predicted octanol–water partition coefficient (Wildman–Crippen LogP) is 3.88. The Kier molecular flexibility index (Phi) is 6.98. The number of amides is 1. The summed E-state index contributed by atoms with van der Waals surface area (Å²) in [7, 11) is 0. The van der Waals surface area contributed by atoms with Gasteiger partial charge in [0.1, 0.15) is 0 Å². The zero-order valence-corrected chi connectivity index (χ0v) is 20.5. The molecule has 2 atom stereocenters. The average molecular weight is 455 g/mol. The van der Waals surface area contributed by atoms with E-state index in [1.54, 1.807) is 6.20 Å². The summed E-state index contributed by atoms with van der Waals surface area (Å²) in [6.07, 6.45) is 8.91. The number of benzene rings is 1. The van der Waals surface area contributed by atoms with Crippen molar-refractivity contribution in [3.05, 3.63) is 42.5 Å². The second-order valence-electron chi connectivity index (χ2n) is 10.7. The SMILES string of the molecule is CCOc1cc(CNCCn2ccnc2)ccc1OCC(=O)N1C[C@@]2(C)C[C@H]1CC(C)(C)C2. The molecule has 2 bridgehead atoms. The number of carbonyl (C=O) groups is 1. The van der Waals surface area contributed by atoms with Gasteiger partial charge in [-0.15, -0.1) is 0 Å². The van der Waals surface area contributed by atoms with E-state index in [9.17, 15) is 4.79 Å². The lowest BCUT2D eigenvalue weighted by Crippen LogP contribution is -2.40. The zero-order chi connectivity index (χ0) is 23.5. The first-order valence-electron chi connectivity index (χ1n) is 12.1. The van der Waals surface area contributed by atoms with Gasteiger partial charge in [-0.2, -0.15) is 0 Å². The number of carbonyl (C=O) groups excluding carboxylic acids is 1. The lowest BCUT2D eigenvalue weighted by Gasteiger charge is -2.39. The highest BCUT2D eigenvalue weighted by molar-refractivity contribution is 5.78. The van der Waals surface area contributed by atoms with E-state index in [4.69, 9.17) is 9.47 Å².